The van der Waals surface area contributed by atoms with Crippen molar-refractivity contribution in [3.05, 3.63) is 35.9 Å². The summed E-state index contributed by atoms with van der Waals surface area (Å²) in [5.41, 5.74) is 0.558. The first kappa shape index (κ1) is 17.2. The first-order valence-corrected chi connectivity index (χ1v) is 8.03. The monoisotopic (exact) mass is 309 g/mol. The second-order valence-corrected chi connectivity index (χ2v) is 5.51. The Bertz CT molecular complexity index is 490. The topological polar surface area (TPSA) is 83.5 Å². The molecule has 114 valence electrons. The van der Waals surface area contributed by atoms with Crippen LogP contribution in [0, 0.1) is 0 Å². The van der Waals surface area contributed by atoms with E-state index in [1.54, 1.807) is 24.3 Å². The van der Waals surface area contributed by atoms with Crippen molar-refractivity contribution in [2.75, 3.05) is 12.0 Å². The lowest BCUT2D eigenvalue weighted by Crippen LogP contribution is -2.41. The largest absolute Gasteiger partial charge is 0.480 e. The van der Waals surface area contributed by atoms with E-state index in [4.69, 9.17) is 5.11 Å². The van der Waals surface area contributed by atoms with Crippen molar-refractivity contribution >= 4 is 29.4 Å². The Morgan fingerprint density at radius 3 is 2.43 bits per heavy atom. The molecule has 1 amide bonds. The second-order valence-electron chi connectivity index (χ2n) is 4.53. The summed E-state index contributed by atoms with van der Waals surface area (Å²) in [5.74, 6) is -0.929. The van der Waals surface area contributed by atoms with Crippen molar-refractivity contribution < 1.29 is 19.5 Å². The number of carbonyl (C=O) groups excluding carboxylic acids is 2. The van der Waals surface area contributed by atoms with Crippen molar-refractivity contribution in [3.63, 3.8) is 0 Å². The Balaban J connectivity index is 2.42. The fraction of sp³-hybridized carbons (Fsp3) is 0.400. The summed E-state index contributed by atoms with van der Waals surface area (Å²) in [5, 5.41) is 11.5. The van der Waals surface area contributed by atoms with E-state index in [0.717, 1.165) is 0 Å². The molecule has 6 heteroatoms. The standard InChI is InChI=1S/C15H19NO4S/c1-21-10-9-12(15(19)20)16-14(18)8-7-13(17)11-5-3-2-4-6-11/h2-6,12H,7-10H2,1H3,(H,16,18)(H,19,20)/t12-/m0/s1. The number of carbonyl (C=O) groups is 3. The van der Waals surface area contributed by atoms with Gasteiger partial charge in [0.15, 0.2) is 5.78 Å². The molecule has 0 aliphatic rings. The van der Waals surface area contributed by atoms with E-state index in [2.05, 4.69) is 5.32 Å². The molecular weight excluding hydrogens is 290 g/mol. The summed E-state index contributed by atoms with van der Waals surface area (Å²) < 4.78 is 0. The van der Waals surface area contributed by atoms with Gasteiger partial charge in [0.2, 0.25) is 5.91 Å². The van der Waals surface area contributed by atoms with E-state index in [9.17, 15) is 14.4 Å². The maximum atomic E-state index is 11.8. The Hall–Kier alpha value is -1.82. The number of Topliss-reactive ketones (excluding diaryl/α,β-unsaturated/α-hetero) is 1. The normalized spacial score (nSPS) is 11.7. The van der Waals surface area contributed by atoms with Crippen LogP contribution in [0.5, 0.6) is 0 Å². The van der Waals surface area contributed by atoms with Crippen molar-refractivity contribution in [1.29, 1.82) is 0 Å². The number of benzene rings is 1. The van der Waals surface area contributed by atoms with Crippen molar-refractivity contribution in [3.8, 4) is 0 Å². The maximum absolute atomic E-state index is 11.8. The fourth-order valence-corrected chi connectivity index (χ4v) is 2.23. The highest BCUT2D eigenvalue weighted by Gasteiger charge is 2.19. The molecule has 1 atom stereocenters. The van der Waals surface area contributed by atoms with E-state index in [1.165, 1.54) is 11.8 Å². The summed E-state index contributed by atoms with van der Waals surface area (Å²) in [6, 6.07) is 7.83. The molecule has 2 N–H and O–H groups in total. The molecule has 5 nitrogen and oxygen atoms in total. The lowest BCUT2D eigenvalue weighted by molar-refractivity contribution is -0.141. The Morgan fingerprint density at radius 2 is 1.86 bits per heavy atom. The quantitative estimate of drug-likeness (QED) is 0.681. The third kappa shape index (κ3) is 6.44. The van der Waals surface area contributed by atoms with Gasteiger partial charge in [0.05, 0.1) is 0 Å². The van der Waals surface area contributed by atoms with Crippen molar-refractivity contribution in [2.24, 2.45) is 0 Å². The van der Waals surface area contributed by atoms with Crippen LogP contribution in [0.15, 0.2) is 30.3 Å². The van der Waals surface area contributed by atoms with Gasteiger partial charge in [-0.05, 0) is 18.4 Å². The lowest BCUT2D eigenvalue weighted by Gasteiger charge is -2.13. The number of hydrogen-bond acceptors (Lipinski definition) is 4. The van der Waals surface area contributed by atoms with E-state index < -0.39 is 17.9 Å². The van der Waals surface area contributed by atoms with Gasteiger partial charge in [0.1, 0.15) is 6.04 Å². The van der Waals surface area contributed by atoms with Gasteiger partial charge in [0.25, 0.3) is 0 Å². The predicted molar refractivity (Wildman–Crippen MR) is 82.6 cm³/mol. The molecule has 0 unspecified atom stereocenters. The molecule has 0 aromatic heterocycles. The maximum Gasteiger partial charge on any atom is 0.326 e. The number of ketones is 1. The van der Waals surface area contributed by atoms with Crippen LogP contribution in [0.4, 0.5) is 0 Å². The van der Waals surface area contributed by atoms with Crippen LogP contribution in [0.3, 0.4) is 0 Å². The number of rotatable bonds is 9. The number of hydrogen-bond donors (Lipinski definition) is 2. The molecule has 21 heavy (non-hydrogen) atoms. The van der Waals surface area contributed by atoms with Gasteiger partial charge >= 0.3 is 5.97 Å². The fourth-order valence-electron chi connectivity index (χ4n) is 1.76. The molecule has 1 aromatic carbocycles. The van der Waals surface area contributed by atoms with Gasteiger partial charge in [0, 0.05) is 18.4 Å². The minimum atomic E-state index is -1.05. The summed E-state index contributed by atoms with van der Waals surface area (Å²) in [4.78, 5) is 34.6. The van der Waals surface area contributed by atoms with Crippen LogP contribution < -0.4 is 5.32 Å². The number of carboxylic acids is 1. The molecule has 1 aromatic rings. The lowest BCUT2D eigenvalue weighted by atomic mass is 10.1. The van der Waals surface area contributed by atoms with Crippen LogP contribution in [-0.4, -0.2) is 40.8 Å². The van der Waals surface area contributed by atoms with Crippen molar-refractivity contribution in [1.82, 2.24) is 5.32 Å². The molecular formula is C15H19NO4S. The van der Waals surface area contributed by atoms with Crippen LogP contribution in [0.25, 0.3) is 0 Å². The minimum absolute atomic E-state index is 0.00320. The molecule has 0 spiro atoms. The van der Waals surface area contributed by atoms with Gasteiger partial charge < -0.3 is 10.4 Å². The molecule has 0 heterocycles. The summed E-state index contributed by atoms with van der Waals surface area (Å²) >= 11 is 1.52. The highest BCUT2D eigenvalue weighted by molar-refractivity contribution is 7.98. The number of amides is 1. The second kappa shape index (κ2) is 9.18. The smallest absolute Gasteiger partial charge is 0.326 e. The highest BCUT2D eigenvalue weighted by Crippen LogP contribution is 2.06. The van der Waals surface area contributed by atoms with Gasteiger partial charge in [-0.15, -0.1) is 0 Å². The van der Waals surface area contributed by atoms with E-state index >= 15 is 0 Å². The zero-order valence-electron chi connectivity index (χ0n) is 11.9. The molecule has 0 saturated carbocycles. The average molecular weight is 309 g/mol. The van der Waals surface area contributed by atoms with Gasteiger partial charge in [-0.1, -0.05) is 30.3 Å². The SMILES string of the molecule is CSCC[C@H](NC(=O)CCC(=O)c1ccccc1)C(=O)O. The highest BCUT2D eigenvalue weighted by atomic mass is 32.2. The Labute approximate surface area is 128 Å². The third-order valence-electron chi connectivity index (χ3n) is 2.92. The molecule has 0 fully saturated rings. The molecule has 0 radical (unpaired) electrons. The number of nitrogens with one attached hydrogen (secondary N) is 1. The van der Waals surface area contributed by atoms with E-state index in [-0.39, 0.29) is 18.6 Å². The minimum Gasteiger partial charge on any atom is -0.480 e. The first-order chi connectivity index (χ1) is 10.0. The van der Waals surface area contributed by atoms with Crippen molar-refractivity contribution in [2.45, 2.75) is 25.3 Å². The van der Waals surface area contributed by atoms with Crippen LogP contribution in [-0.2, 0) is 9.59 Å². The van der Waals surface area contributed by atoms with E-state index in [1.807, 2.05) is 12.3 Å². The van der Waals surface area contributed by atoms with Gasteiger partial charge in [-0.25, -0.2) is 4.79 Å². The number of carboxylic acid groups (broad SMARTS) is 1. The van der Waals surface area contributed by atoms with Crippen LogP contribution in [0.2, 0.25) is 0 Å². The summed E-state index contributed by atoms with van der Waals surface area (Å²) in [7, 11) is 0. The van der Waals surface area contributed by atoms with Crippen LogP contribution >= 0.6 is 11.8 Å². The predicted octanol–water partition coefficient (Wildman–Crippen LogP) is 1.97. The molecule has 0 saturated heterocycles. The first-order valence-electron chi connectivity index (χ1n) is 6.64. The third-order valence-corrected chi connectivity index (χ3v) is 3.56. The summed E-state index contributed by atoms with van der Waals surface area (Å²) in [6.07, 6.45) is 2.32. The number of aliphatic carboxylic acids is 1. The molecule has 0 aliphatic carbocycles. The Morgan fingerprint density at radius 1 is 1.19 bits per heavy atom. The Kier molecular flexibility index (Phi) is 7.53. The zero-order chi connectivity index (χ0) is 15.7. The molecule has 0 bridgehead atoms. The van der Waals surface area contributed by atoms with Gasteiger partial charge in [-0.3, -0.25) is 9.59 Å². The van der Waals surface area contributed by atoms with Gasteiger partial charge in [-0.2, -0.15) is 11.8 Å². The zero-order valence-corrected chi connectivity index (χ0v) is 12.7. The van der Waals surface area contributed by atoms with Crippen LogP contribution in [0.1, 0.15) is 29.6 Å². The average Bonchev–Trinajstić information content (AvgIpc) is 2.49. The van der Waals surface area contributed by atoms with E-state index in [0.29, 0.717) is 17.7 Å². The molecule has 1 rings (SSSR count). The number of thioether (sulfide) groups is 1. The summed E-state index contributed by atoms with van der Waals surface area (Å²) in [6.45, 7) is 0. The molecule has 0 aliphatic heterocycles.